The standard InChI is InChI=1S/C42H49N7O6/c1-41(2,3)54-39(50)35(45-40(51)55-42(4,5)6)22-27-14-17-30(18-15-27)52-26-28-25-49(47-46-28)21-11-20-43-34-24-37-38(32-13-10-9-12-31(32)34)44-33-19-16-29(48(7)8)23-36(33)53-37/h9-10,12-19,23-25,35H,11,20-22,26H2,1-8H3,(H,45,51)/p+1. The van der Waals surface area contributed by atoms with Crippen LogP contribution >= 0.6 is 0 Å². The van der Waals surface area contributed by atoms with Crippen LogP contribution in [0.1, 0.15) is 59.2 Å². The zero-order valence-electron chi connectivity index (χ0n) is 32.8. The molecule has 4 aromatic rings. The summed E-state index contributed by atoms with van der Waals surface area (Å²) in [6.45, 7) is 12.2. The predicted octanol–water partition coefficient (Wildman–Crippen LogP) is 6.57. The number of hydrogen-bond acceptors (Lipinski definition) is 10. The highest BCUT2D eigenvalue weighted by Crippen LogP contribution is 2.34. The lowest BCUT2D eigenvalue weighted by molar-refractivity contribution is -0.157. The third kappa shape index (κ3) is 10.4. The summed E-state index contributed by atoms with van der Waals surface area (Å²) in [5, 5.41) is 18.0. The quantitative estimate of drug-likeness (QED) is 0.0464. The average Bonchev–Trinajstić information content (AvgIpc) is 3.58. The molecule has 55 heavy (non-hydrogen) atoms. The van der Waals surface area contributed by atoms with E-state index in [0.29, 0.717) is 24.5 Å². The Kier molecular flexibility index (Phi) is 11.4. The third-order valence-corrected chi connectivity index (χ3v) is 8.49. The van der Waals surface area contributed by atoms with E-state index in [9.17, 15) is 9.59 Å². The number of hydrogen-bond donors (Lipinski definition) is 2. The fraction of sp³-hybridized carbons (Fsp3) is 0.381. The number of nitrogens with one attached hydrogen (secondary N) is 2. The molecule has 1 unspecified atom stereocenters. The van der Waals surface area contributed by atoms with Crippen LogP contribution in [0.5, 0.6) is 5.75 Å². The summed E-state index contributed by atoms with van der Waals surface area (Å²) in [5.74, 6) is 0.828. The van der Waals surface area contributed by atoms with Crippen LogP contribution in [0.15, 0.2) is 83.4 Å². The Morgan fingerprint density at radius 1 is 0.909 bits per heavy atom. The number of ether oxygens (including phenoxy) is 3. The van der Waals surface area contributed by atoms with E-state index in [-0.39, 0.29) is 13.0 Å². The van der Waals surface area contributed by atoms with E-state index in [1.54, 1.807) is 41.5 Å². The second-order valence-corrected chi connectivity index (χ2v) is 15.7. The van der Waals surface area contributed by atoms with Crippen LogP contribution in [-0.4, -0.2) is 69.9 Å². The summed E-state index contributed by atoms with van der Waals surface area (Å²) >= 11 is 0. The number of amides is 1. The van der Waals surface area contributed by atoms with Crippen molar-refractivity contribution in [2.75, 3.05) is 26.0 Å². The predicted molar refractivity (Wildman–Crippen MR) is 212 cm³/mol. The molecule has 3 aromatic carbocycles. The topological polar surface area (TPSA) is 146 Å². The SMILES string of the molecule is C[N+](C)=c1ccc2nc3c(cc(NCCCn4cc(COc5ccc(CC(NC(=O)OC(C)(C)C)C(=O)OC(C)(C)C)cc5)nn4)c4ccccc43)oc-2c1. The van der Waals surface area contributed by atoms with E-state index in [0.717, 1.165) is 56.4 Å². The van der Waals surface area contributed by atoms with Gasteiger partial charge in [0.2, 0.25) is 5.36 Å². The Balaban J connectivity index is 1.03. The lowest BCUT2D eigenvalue weighted by Crippen LogP contribution is -2.47. The van der Waals surface area contributed by atoms with E-state index in [1.807, 2.05) is 90.2 Å². The van der Waals surface area contributed by atoms with E-state index in [4.69, 9.17) is 23.6 Å². The molecule has 1 aromatic heterocycles. The molecular formula is C42H50N7O6+. The molecule has 0 saturated heterocycles. The largest absolute Gasteiger partial charge is 0.487 e. The summed E-state index contributed by atoms with van der Waals surface area (Å²) < 4.78 is 27.1. The van der Waals surface area contributed by atoms with Crippen molar-refractivity contribution in [3.63, 3.8) is 0 Å². The Bertz CT molecular complexity index is 2330. The molecule has 13 nitrogen and oxygen atoms in total. The molecule has 13 heteroatoms. The van der Waals surface area contributed by atoms with Gasteiger partial charge in [-0.05, 0) is 71.7 Å². The maximum Gasteiger partial charge on any atom is 0.408 e. The van der Waals surface area contributed by atoms with Gasteiger partial charge >= 0.3 is 12.1 Å². The van der Waals surface area contributed by atoms with Crippen LogP contribution in [-0.2, 0) is 33.8 Å². The van der Waals surface area contributed by atoms with E-state index < -0.39 is 29.3 Å². The van der Waals surface area contributed by atoms with Gasteiger partial charge in [0.1, 0.15) is 60.6 Å². The summed E-state index contributed by atoms with van der Waals surface area (Å²) in [5.41, 5.74) is 3.45. The van der Waals surface area contributed by atoms with Crippen molar-refractivity contribution in [3.8, 4) is 17.2 Å². The van der Waals surface area contributed by atoms with Crippen molar-refractivity contribution < 1.29 is 28.2 Å². The Labute approximate surface area is 320 Å². The van der Waals surface area contributed by atoms with Gasteiger partial charge in [-0.1, -0.05) is 41.6 Å². The maximum absolute atomic E-state index is 12.9. The summed E-state index contributed by atoms with van der Waals surface area (Å²) in [7, 11) is 4.01. The van der Waals surface area contributed by atoms with Gasteiger partial charge in [0, 0.05) is 48.1 Å². The second-order valence-electron chi connectivity index (χ2n) is 15.7. The van der Waals surface area contributed by atoms with Crippen LogP contribution in [0.3, 0.4) is 0 Å². The first-order chi connectivity index (χ1) is 26.1. The van der Waals surface area contributed by atoms with Crippen molar-refractivity contribution in [1.82, 2.24) is 29.9 Å². The van der Waals surface area contributed by atoms with Gasteiger partial charge in [0.05, 0.1) is 12.3 Å². The first kappa shape index (κ1) is 38.7. The molecule has 1 aliphatic heterocycles. The number of benzene rings is 4. The number of esters is 1. The number of aryl methyl sites for hydroxylation is 1. The Morgan fingerprint density at radius 2 is 1.64 bits per heavy atom. The molecule has 1 atom stereocenters. The summed E-state index contributed by atoms with van der Waals surface area (Å²) in [6.07, 6.45) is 2.22. The lowest BCUT2D eigenvalue weighted by atomic mass is 10.1. The van der Waals surface area contributed by atoms with Crippen molar-refractivity contribution in [1.29, 1.82) is 0 Å². The van der Waals surface area contributed by atoms with Crippen molar-refractivity contribution in [2.24, 2.45) is 0 Å². The zero-order chi connectivity index (χ0) is 39.3. The highest BCUT2D eigenvalue weighted by Gasteiger charge is 2.29. The maximum atomic E-state index is 12.9. The van der Waals surface area contributed by atoms with Gasteiger partial charge in [-0.25, -0.2) is 19.1 Å². The molecule has 288 valence electrons. The van der Waals surface area contributed by atoms with Crippen LogP contribution in [0.25, 0.3) is 33.3 Å². The van der Waals surface area contributed by atoms with Gasteiger partial charge in [-0.15, -0.1) is 5.10 Å². The molecule has 1 aliphatic carbocycles. The number of carbonyl (C=O) groups is 2. The summed E-state index contributed by atoms with van der Waals surface area (Å²) in [4.78, 5) is 30.4. The Morgan fingerprint density at radius 3 is 2.35 bits per heavy atom. The summed E-state index contributed by atoms with van der Waals surface area (Å²) in [6, 6.07) is 22.7. The number of anilines is 1. The number of nitrogens with zero attached hydrogens (tertiary/aromatic N) is 5. The lowest BCUT2D eigenvalue weighted by Gasteiger charge is -2.26. The van der Waals surface area contributed by atoms with Crippen molar-refractivity contribution in [3.05, 3.63) is 95.6 Å². The number of fused-ring (bicyclic) bond motifs is 4. The smallest absolute Gasteiger partial charge is 0.408 e. The van der Waals surface area contributed by atoms with Gasteiger partial charge < -0.3 is 29.3 Å². The van der Waals surface area contributed by atoms with Crippen LogP contribution in [0.2, 0.25) is 0 Å². The van der Waals surface area contributed by atoms with Gasteiger partial charge in [-0.3, -0.25) is 4.68 Å². The molecule has 0 saturated carbocycles. The molecule has 0 spiro atoms. The van der Waals surface area contributed by atoms with Crippen molar-refractivity contribution >= 4 is 39.6 Å². The first-order valence-corrected chi connectivity index (χ1v) is 18.4. The minimum absolute atomic E-state index is 0.218. The second kappa shape index (κ2) is 16.2. The van der Waals surface area contributed by atoms with Crippen LogP contribution in [0, 0.1) is 0 Å². The number of carbonyl (C=O) groups excluding carboxylic acids is 2. The highest BCUT2D eigenvalue weighted by molar-refractivity contribution is 6.10. The minimum Gasteiger partial charge on any atom is -0.487 e. The molecule has 2 aliphatic rings. The van der Waals surface area contributed by atoms with Crippen molar-refractivity contribution in [2.45, 2.75) is 84.8 Å². The fourth-order valence-electron chi connectivity index (χ4n) is 5.98. The number of aromatic nitrogens is 4. The molecule has 1 amide bonds. The minimum atomic E-state index is -0.927. The third-order valence-electron chi connectivity index (χ3n) is 8.49. The molecule has 0 radical (unpaired) electrons. The first-order valence-electron chi connectivity index (χ1n) is 18.4. The molecular weight excluding hydrogens is 699 g/mol. The van der Waals surface area contributed by atoms with Gasteiger partial charge in [-0.2, -0.15) is 0 Å². The normalized spacial score (nSPS) is 12.4. The molecule has 0 bridgehead atoms. The molecule has 0 fully saturated rings. The average molecular weight is 749 g/mol. The highest BCUT2D eigenvalue weighted by atomic mass is 16.6. The molecule has 2 N–H and O–H groups in total. The van der Waals surface area contributed by atoms with Gasteiger partial charge in [0.25, 0.3) is 0 Å². The molecule has 6 rings (SSSR count). The van der Waals surface area contributed by atoms with E-state index in [2.05, 4.69) is 33.1 Å². The zero-order valence-corrected chi connectivity index (χ0v) is 32.8. The van der Waals surface area contributed by atoms with Crippen LogP contribution in [0.4, 0.5) is 10.5 Å². The monoisotopic (exact) mass is 748 g/mol. The van der Waals surface area contributed by atoms with E-state index >= 15 is 0 Å². The number of rotatable bonds is 12. The van der Waals surface area contributed by atoms with Gasteiger partial charge in [0.15, 0.2) is 11.3 Å². The fourth-order valence-corrected chi connectivity index (χ4v) is 5.98. The molecule has 2 heterocycles. The Hall–Kier alpha value is -5.98. The number of alkyl carbamates (subject to hydrolysis) is 1. The van der Waals surface area contributed by atoms with Crippen LogP contribution < -0.4 is 25.3 Å². The van der Waals surface area contributed by atoms with E-state index in [1.165, 1.54) is 0 Å².